The fourth-order valence-corrected chi connectivity index (χ4v) is 1.62. The van der Waals surface area contributed by atoms with Gasteiger partial charge in [-0.2, -0.15) is 0 Å². The smallest absolute Gasteiger partial charge is 0.167 e. The lowest BCUT2D eigenvalue weighted by atomic mass is 9.99. The van der Waals surface area contributed by atoms with Crippen molar-refractivity contribution in [1.29, 1.82) is 10.8 Å². The molecule has 4 nitrogen and oxygen atoms in total. The minimum absolute atomic E-state index is 0.00324. The standard InChI is InChI=1S/C14H12N2O2/c15-12(9-5-2-1-3-6-9)13(16)10-7-4-8-11(17)14(10)18/h1-8,15-18H. The molecular weight excluding hydrogens is 228 g/mol. The molecule has 4 heteroatoms. The van der Waals surface area contributed by atoms with E-state index >= 15 is 0 Å². The van der Waals surface area contributed by atoms with Crippen molar-refractivity contribution < 1.29 is 10.2 Å². The highest BCUT2D eigenvalue weighted by Gasteiger charge is 2.15. The predicted molar refractivity (Wildman–Crippen MR) is 69.9 cm³/mol. The zero-order valence-electron chi connectivity index (χ0n) is 9.51. The van der Waals surface area contributed by atoms with E-state index in [0.717, 1.165) is 0 Å². The van der Waals surface area contributed by atoms with Crippen LogP contribution in [0, 0.1) is 10.8 Å². The molecule has 2 aromatic carbocycles. The lowest BCUT2D eigenvalue weighted by molar-refractivity contribution is 0.403. The topological polar surface area (TPSA) is 88.2 Å². The molecule has 0 aromatic heterocycles. The summed E-state index contributed by atoms with van der Waals surface area (Å²) in [7, 11) is 0. The molecule has 0 fully saturated rings. The van der Waals surface area contributed by atoms with E-state index < -0.39 is 0 Å². The minimum Gasteiger partial charge on any atom is -0.504 e. The van der Waals surface area contributed by atoms with E-state index in [1.807, 2.05) is 6.07 Å². The minimum atomic E-state index is -0.372. The van der Waals surface area contributed by atoms with Gasteiger partial charge in [0.15, 0.2) is 11.5 Å². The van der Waals surface area contributed by atoms with Gasteiger partial charge in [-0.25, -0.2) is 0 Å². The highest BCUT2D eigenvalue weighted by Crippen LogP contribution is 2.29. The van der Waals surface area contributed by atoms with E-state index in [-0.39, 0.29) is 28.5 Å². The van der Waals surface area contributed by atoms with E-state index in [9.17, 15) is 10.2 Å². The molecule has 0 bridgehead atoms. The molecule has 2 rings (SSSR count). The fourth-order valence-electron chi connectivity index (χ4n) is 1.62. The van der Waals surface area contributed by atoms with Crippen LogP contribution in [0.2, 0.25) is 0 Å². The monoisotopic (exact) mass is 240 g/mol. The number of benzene rings is 2. The van der Waals surface area contributed by atoms with Gasteiger partial charge in [0, 0.05) is 11.1 Å². The molecule has 0 saturated carbocycles. The molecule has 0 aliphatic carbocycles. The average molecular weight is 240 g/mol. The highest BCUT2D eigenvalue weighted by atomic mass is 16.3. The summed E-state index contributed by atoms with van der Waals surface area (Å²) in [5, 5.41) is 34.9. The van der Waals surface area contributed by atoms with Crippen molar-refractivity contribution in [2.24, 2.45) is 0 Å². The Hall–Kier alpha value is -2.62. The number of phenolic OH excluding ortho intramolecular Hbond substituents is 2. The molecule has 0 heterocycles. The first-order valence-corrected chi connectivity index (χ1v) is 5.35. The van der Waals surface area contributed by atoms with Gasteiger partial charge in [0.2, 0.25) is 0 Å². The molecule has 0 spiro atoms. The van der Waals surface area contributed by atoms with Gasteiger partial charge in [0.1, 0.15) is 0 Å². The van der Waals surface area contributed by atoms with Gasteiger partial charge in [-0.1, -0.05) is 36.4 Å². The van der Waals surface area contributed by atoms with Gasteiger partial charge in [-0.05, 0) is 12.1 Å². The number of para-hydroxylation sites is 1. The molecule has 0 atom stereocenters. The van der Waals surface area contributed by atoms with Crippen LogP contribution in [0.4, 0.5) is 0 Å². The van der Waals surface area contributed by atoms with E-state index in [1.165, 1.54) is 18.2 Å². The van der Waals surface area contributed by atoms with E-state index in [0.29, 0.717) is 5.56 Å². The largest absolute Gasteiger partial charge is 0.504 e. The van der Waals surface area contributed by atoms with Crippen LogP contribution in [-0.2, 0) is 0 Å². The number of rotatable bonds is 3. The third kappa shape index (κ3) is 2.08. The van der Waals surface area contributed by atoms with Crippen molar-refractivity contribution in [2.75, 3.05) is 0 Å². The Balaban J connectivity index is 2.38. The second-order valence-electron chi connectivity index (χ2n) is 3.79. The fraction of sp³-hybridized carbons (Fsp3) is 0. The molecule has 4 N–H and O–H groups in total. The summed E-state index contributed by atoms with van der Waals surface area (Å²) in [6.45, 7) is 0. The number of hydrogen-bond donors (Lipinski definition) is 4. The van der Waals surface area contributed by atoms with Crippen LogP contribution in [0.1, 0.15) is 11.1 Å². The van der Waals surface area contributed by atoms with Gasteiger partial charge in [0.25, 0.3) is 0 Å². The van der Waals surface area contributed by atoms with Crippen LogP contribution in [0.5, 0.6) is 11.5 Å². The predicted octanol–water partition coefficient (Wildman–Crippen LogP) is 2.53. The van der Waals surface area contributed by atoms with Crippen molar-refractivity contribution in [2.45, 2.75) is 0 Å². The molecule has 0 unspecified atom stereocenters. The number of aromatic hydroxyl groups is 2. The molecular formula is C14H12N2O2. The number of nitrogens with one attached hydrogen (secondary N) is 2. The Morgan fingerprint density at radius 1 is 0.778 bits per heavy atom. The molecule has 90 valence electrons. The van der Waals surface area contributed by atoms with E-state index in [2.05, 4.69) is 0 Å². The maximum Gasteiger partial charge on any atom is 0.167 e. The first kappa shape index (κ1) is 11.9. The van der Waals surface area contributed by atoms with Crippen LogP contribution in [0.15, 0.2) is 48.5 Å². The van der Waals surface area contributed by atoms with Crippen LogP contribution >= 0.6 is 0 Å². The first-order valence-electron chi connectivity index (χ1n) is 5.35. The summed E-state index contributed by atoms with van der Waals surface area (Å²) < 4.78 is 0. The first-order chi connectivity index (χ1) is 8.61. The zero-order valence-corrected chi connectivity index (χ0v) is 9.51. The normalized spacial score (nSPS) is 10.0. The van der Waals surface area contributed by atoms with Crippen molar-refractivity contribution in [3.8, 4) is 11.5 Å². The Morgan fingerprint density at radius 2 is 1.44 bits per heavy atom. The summed E-state index contributed by atoms with van der Waals surface area (Å²) in [6.07, 6.45) is 0. The lowest BCUT2D eigenvalue weighted by Crippen LogP contribution is -2.14. The van der Waals surface area contributed by atoms with Gasteiger partial charge < -0.3 is 10.2 Å². The highest BCUT2D eigenvalue weighted by molar-refractivity contribution is 6.51. The summed E-state index contributed by atoms with van der Waals surface area (Å²) in [5.41, 5.74) is 0.597. The summed E-state index contributed by atoms with van der Waals surface area (Å²) in [6, 6.07) is 13.2. The molecule has 0 amide bonds. The maximum absolute atomic E-state index is 9.68. The second kappa shape index (κ2) is 4.71. The lowest BCUT2D eigenvalue weighted by Gasteiger charge is -2.09. The van der Waals surface area contributed by atoms with Crippen molar-refractivity contribution in [3.05, 3.63) is 59.7 Å². The van der Waals surface area contributed by atoms with Crippen LogP contribution in [0.3, 0.4) is 0 Å². The molecule has 0 radical (unpaired) electrons. The number of phenols is 2. The second-order valence-corrected chi connectivity index (χ2v) is 3.79. The molecule has 0 aliphatic rings. The third-order valence-corrected chi connectivity index (χ3v) is 2.60. The van der Waals surface area contributed by atoms with Gasteiger partial charge in [-0.15, -0.1) is 0 Å². The number of hydrogen-bond acceptors (Lipinski definition) is 4. The molecule has 18 heavy (non-hydrogen) atoms. The Bertz CT molecular complexity index is 606. The summed E-state index contributed by atoms with van der Waals surface area (Å²) in [5.74, 6) is -0.665. The Labute approximate surface area is 104 Å². The quantitative estimate of drug-likeness (QED) is 0.490. The SMILES string of the molecule is N=C(C(=N)c1cccc(O)c1O)c1ccccc1. The molecule has 0 saturated heterocycles. The van der Waals surface area contributed by atoms with Crippen LogP contribution < -0.4 is 0 Å². The van der Waals surface area contributed by atoms with Crippen molar-refractivity contribution in [1.82, 2.24) is 0 Å². The van der Waals surface area contributed by atoms with E-state index in [1.54, 1.807) is 24.3 Å². The van der Waals surface area contributed by atoms with Gasteiger partial charge in [0.05, 0.1) is 11.4 Å². The maximum atomic E-state index is 9.68. The zero-order chi connectivity index (χ0) is 13.1. The van der Waals surface area contributed by atoms with Gasteiger partial charge in [-0.3, -0.25) is 10.8 Å². The summed E-state index contributed by atoms with van der Waals surface area (Å²) in [4.78, 5) is 0. The third-order valence-electron chi connectivity index (χ3n) is 2.60. The van der Waals surface area contributed by atoms with Crippen LogP contribution in [0.25, 0.3) is 0 Å². The van der Waals surface area contributed by atoms with Gasteiger partial charge >= 0.3 is 0 Å². The molecule has 0 aliphatic heterocycles. The van der Waals surface area contributed by atoms with Crippen molar-refractivity contribution in [3.63, 3.8) is 0 Å². The van der Waals surface area contributed by atoms with E-state index in [4.69, 9.17) is 10.8 Å². The average Bonchev–Trinajstić information content (AvgIpc) is 2.41. The Morgan fingerprint density at radius 3 is 2.11 bits per heavy atom. The Kier molecular flexibility index (Phi) is 3.10. The molecule has 2 aromatic rings. The van der Waals surface area contributed by atoms with Crippen molar-refractivity contribution >= 4 is 11.4 Å². The van der Waals surface area contributed by atoms with Crippen LogP contribution in [-0.4, -0.2) is 21.6 Å². The summed E-state index contributed by atoms with van der Waals surface area (Å²) >= 11 is 0.